The van der Waals surface area contributed by atoms with E-state index >= 15 is 0 Å². The molecule has 0 unspecified atom stereocenters. The van der Waals surface area contributed by atoms with Crippen molar-refractivity contribution in [2.75, 3.05) is 12.3 Å². The fraction of sp³-hybridized carbons (Fsp3) is 0.500. The van der Waals surface area contributed by atoms with Crippen LogP contribution in [-0.2, 0) is 21.4 Å². The number of amides is 1. The summed E-state index contributed by atoms with van der Waals surface area (Å²) in [5, 5.41) is 3.75. The fourth-order valence-electron chi connectivity index (χ4n) is 2.56. The second-order valence-corrected chi connectivity index (χ2v) is 8.02. The number of sulfonamides is 1. The minimum absolute atomic E-state index is 0.105. The summed E-state index contributed by atoms with van der Waals surface area (Å²) in [6, 6.07) is 4.39. The largest absolute Gasteiger partial charge is 0.351 e. The summed E-state index contributed by atoms with van der Waals surface area (Å²) in [6.45, 7) is 2.27. The van der Waals surface area contributed by atoms with Crippen molar-refractivity contribution in [3.05, 3.63) is 33.8 Å². The zero-order valence-corrected chi connectivity index (χ0v) is 14.5. The Bertz CT molecular complexity index is 664. The van der Waals surface area contributed by atoms with Gasteiger partial charge in [0.2, 0.25) is 15.9 Å². The number of rotatable bonds is 4. The van der Waals surface area contributed by atoms with Crippen LogP contribution in [0.15, 0.2) is 18.2 Å². The molecule has 1 aliphatic heterocycles. The molecule has 1 aromatic carbocycles. The van der Waals surface area contributed by atoms with E-state index in [0.717, 1.165) is 5.56 Å². The van der Waals surface area contributed by atoms with Crippen LogP contribution in [0.1, 0.15) is 25.3 Å². The normalized spacial score (nSPS) is 21.5. The van der Waals surface area contributed by atoms with Crippen molar-refractivity contribution in [2.45, 2.75) is 32.4 Å². The van der Waals surface area contributed by atoms with Crippen molar-refractivity contribution in [1.82, 2.24) is 9.62 Å². The number of nitrogens with one attached hydrogen (secondary N) is 1. The summed E-state index contributed by atoms with van der Waals surface area (Å²) in [4.78, 5) is 12.3. The topological polar surface area (TPSA) is 66.5 Å². The van der Waals surface area contributed by atoms with E-state index in [1.54, 1.807) is 25.1 Å². The van der Waals surface area contributed by atoms with Gasteiger partial charge in [0, 0.05) is 23.1 Å². The van der Waals surface area contributed by atoms with E-state index in [-0.39, 0.29) is 18.2 Å². The van der Waals surface area contributed by atoms with Gasteiger partial charge >= 0.3 is 0 Å². The first-order valence-corrected chi connectivity index (χ1v) is 9.43. The van der Waals surface area contributed by atoms with Gasteiger partial charge in [-0.05, 0) is 30.5 Å². The lowest BCUT2D eigenvalue weighted by atomic mass is 10.1. The minimum Gasteiger partial charge on any atom is -0.351 e. The van der Waals surface area contributed by atoms with E-state index in [0.29, 0.717) is 29.4 Å². The third-order valence-corrected chi connectivity index (χ3v) is 6.29. The quantitative estimate of drug-likeness (QED) is 0.891. The number of benzene rings is 1. The Balaban J connectivity index is 2.05. The second-order valence-electron chi connectivity index (χ2n) is 5.13. The van der Waals surface area contributed by atoms with Crippen molar-refractivity contribution in [3.8, 4) is 0 Å². The highest BCUT2D eigenvalue weighted by atomic mass is 35.5. The first-order valence-electron chi connectivity index (χ1n) is 7.06. The molecule has 1 amide bonds. The van der Waals surface area contributed by atoms with E-state index in [4.69, 9.17) is 23.2 Å². The van der Waals surface area contributed by atoms with Crippen molar-refractivity contribution in [2.24, 2.45) is 0 Å². The third kappa shape index (κ3) is 3.93. The lowest BCUT2D eigenvalue weighted by molar-refractivity contribution is -0.125. The molecule has 0 radical (unpaired) electrons. The summed E-state index contributed by atoms with van der Waals surface area (Å²) >= 11 is 11.9. The van der Waals surface area contributed by atoms with Crippen molar-refractivity contribution < 1.29 is 13.2 Å². The predicted molar refractivity (Wildman–Crippen MR) is 87.5 cm³/mol. The molecule has 1 atom stereocenters. The van der Waals surface area contributed by atoms with Crippen LogP contribution < -0.4 is 5.32 Å². The Kier molecular flexibility index (Phi) is 5.71. The average molecular weight is 365 g/mol. The minimum atomic E-state index is -3.34. The number of hydrogen-bond acceptors (Lipinski definition) is 3. The Labute approximate surface area is 140 Å². The Morgan fingerprint density at radius 2 is 2.14 bits per heavy atom. The zero-order chi connectivity index (χ0) is 16.3. The van der Waals surface area contributed by atoms with Gasteiger partial charge in [0.15, 0.2) is 0 Å². The van der Waals surface area contributed by atoms with Crippen LogP contribution in [0.25, 0.3) is 0 Å². The SMILES string of the molecule is CCN1[C@H](C(=O)NCc2ccc(Cl)cc2Cl)CCCS1(=O)=O. The molecule has 8 heteroatoms. The molecule has 0 aliphatic carbocycles. The van der Waals surface area contributed by atoms with Crippen LogP contribution in [-0.4, -0.2) is 37.0 Å². The highest BCUT2D eigenvalue weighted by Crippen LogP contribution is 2.22. The molecule has 0 aromatic heterocycles. The Morgan fingerprint density at radius 1 is 1.41 bits per heavy atom. The molecule has 0 saturated carbocycles. The monoisotopic (exact) mass is 364 g/mol. The molecule has 0 spiro atoms. The van der Waals surface area contributed by atoms with Crippen LogP contribution in [0, 0.1) is 0 Å². The van der Waals surface area contributed by atoms with Gasteiger partial charge in [0.25, 0.3) is 0 Å². The molecular weight excluding hydrogens is 347 g/mol. The lowest BCUT2D eigenvalue weighted by Crippen LogP contribution is -2.52. The van der Waals surface area contributed by atoms with Gasteiger partial charge < -0.3 is 5.32 Å². The summed E-state index contributed by atoms with van der Waals surface area (Å²) in [7, 11) is -3.34. The molecule has 5 nitrogen and oxygen atoms in total. The first-order chi connectivity index (χ1) is 10.3. The van der Waals surface area contributed by atoms with E-state index in [1.807, 2.05) is 0 Å². The van der Waals surface area contributed by atoms with Gasteiger partial charge in [-0.15, -0.1) is 0 Å². The van der Waals surface area contributed by atoms with Gasteiger partial charge in [-0.3, -0.25) is 4.79 Å². The van der Waals surface area contributed by atoms with E-state index in [9.17, 15) is 13.2 Å². The molecule has 1 aromatic rings. The number of carbonyl (C=O) groups is 1. The zero-order valence-electron chi connectivity index (χ0n) is 12.2. The molecule has 1 heterocycles. The molecular formula is C14H18Cl2N2O3S. The molecule has 1 N–H and O–H groups in total. The predicted octanol–water partition coefficient (Wildman–Crippen LogP) is 2.42. The number of nitrogens with zero attached hydrogens (tertiary/aromatic N) is 1. The summed E-state index contributed by atoms with van der Waals surface area (Å²) in [6.07, 6.45) is 1.03. The maximum atomic E-state index is 12.3. The van der Waals surface area contributed by atoms with E-state index in [2.05, 4.69) is 5.32 Å². The highest BCUT2D eigenvalue weighted by molar-refractivity contribution is 7.89. The third-order valence-electron chi connectivity index (χ3n) is 3.67. The fourth-order valence-corrected chi connectivity index (χ4v) is 4.78. The van der Waals surface area contributed by atoms with Crippen LogP contribution in [0.4, 0.5) is 0 Å². The van der Waals surface area contributed by atoms with Crippen LogP contribution >= 0.6 is 23.2 Å². The van der Waals surface area contributed by atoms with E-state index < -0.39 is 16.1 Å². The van der Waals surface area contributed by atoms with Gasteiger partial charge in [0.05, 0.1) is 5.75 Å². The Hall–Kier alpha value is -0.820. The maximum Gasteiger partial charge on any atom is 0.238 e. The maximum absolute atomic E-state index is 12.3. The van der Waals surface area contributed by atoms with Gasteiger partial charge in [-0.25, -0.2) is 8.42 Å². The van der Waals surface area contributed by atoms with Gasteiger partial charge in [-0.1, -0.05) is 36.2 Å². The number of likely N-dealkylation sites (N-methyl/N-ethyl adjacent to an activating group) is 1. The second kappa shape index (κ2) is 7.17. The molecule has 122 valence electrons. The summed E-state index contributed by atoms with van der Waals surface area (Å²) < 4.78 is 25.3. The average Bonchev–Trinajstić information content (AvgIpc) is 2.44. The van der Waals surface area contributed by atoms with Crippen molar-refractivity contribution in [1.29, 1.82) is 0 Å². The first kappa shape index (κ1) is 17.5. The molecule has 1 saturated heterocycles. The van der Waals surface area contributed by atoms with Crippen LogP contribution in [0.2, 0.25) is 10.0 Å². The molecule has 1 fully saturated rings. The Morgan fingerprint density at radius 3 is 2.77 bits per heavy atom. The van der Waals surface area contributed by atoms with Gasteiger partial charge in [0.1, 0.15) is 6.04 Å². The molecule has 22 heavy (non-hydrogen) atoms. The standard InChI is InChI=1S/C14H18Cl2N2O3S/c1-2-18-13(4-3-7-22(18,20)21)14(19)17-9-10-5-6-11(15)8-12(10)16/h5-6,8,13H,2-4,7,9H2,1H3,(H,17,19)/t13-/m0/s1. The molecule has 1 aliphatic rings. The molecule has 0 bridgehead atoms. The van der Waals surface area contributed by atoms with Crippen LogP contribution in [0.5, 0.6) is 0 Å². The van der Waals surface area contributed by atoms with Gasteiger partial charge in [-0.2, -0.15) is 4.31 Å². The number of halogens is 2. The van der Waals surface area contributed by atoms with E-state index in [1.165, 1.54) is 4.31 Å². The summed E-state index contributed by atoms with van der Waals surface area (Å²) in [5.41, 5.74) is 0.737. The van der Waals surface area contributed by atoms with Crippen LogP contribution in [0.3, 0.4) is 0 Å². The van der Waals surface area contributed by atoms with Crippen molar-refractivity contribution in [3.63, 3.8) is 0 Å². The highest BCUT2D eigenvalue weighted by Gasteiger charge is 2.36. The summed E-state index contributed by atoms with van der Waals surface area (Å²) in [5.74, 6) is -0.190. The number of hydrogen-bond donors (Lipinski definition) is 1. The molecule has 2 rings (SSSR count). The van der Waals surface area contributed by atoms with Crippen molar-refractivity contribution >= 4 is 39.1 Å². The lowest BCUT2D eigenvalue weighted by Gasteiger charge is -2.32. The smallest absolute Gasteiger partial charge is 0.238 e. The number of carbonyl (C=O) groups excluding carboxylic acids is 1.